The summed E-state index contributed by atoms with van der Waals surface area (Å²) in [7, 11) is 0. The number of ether oxygens (including phenoxy) is 1. The van der Waals surface area contributed by atoms with Crippen molar-refractivity contribution < 1.29 is 24.2 Å². The van der Waals surface area contributed by atoms with Crippen LogP contribution < -0.4 is 9.61 Å². The number of imide groups is 1. The van der Waals surface area contributed by atoms with Gasteiger partial charge in [-0.15, -0.1) is 11.8 Å². The van der Waals surface area contributed by atoms with Crippen LogP contribution in [0.25, 0.3) is 0 Å². The number of carboxylic acids is 1. The fourth-order valence-electron chi connectivity index (χ4n) is 7.28. The van der Waals surface area contributed by atoms with E-state index in [0.717, 1.165) is 27.6 Å². The van der Waals surface area contributed by atoms with E-state index >= 15 is 0 Å². The number of aromatic nitrogens is 1. The first-order valence-corrected chi connectivity index (χ1v) is 14.4. The zero-order valence-corrected chi connectivity index (χ0v) is 21.7. The molecular formula is C28H24N2O6S2. The van der Waals surface area contributed by atoms with E-state index in [0.29, 0.717) is 5.75 Å². The molecule has 10 heteroatoms. The number of carbonyl (C=O) groups excluding carboxylic acids is 2. The van der Waals surface area contributed by atoms with Crippen LogP contribution in [-0.2, 0) is 14.4 Å². The summed E-state index contributed by atoms with van der Waals surface area (Å²) in [6.45, 7) is -0.0785. The van der Waals surface area contributed by atoms with Gasteiger partial charge in [-0.3, -0.25) is 24.1 Å². The van der Waals surface area contributed by atoms with Crippen molar-refractivity contribution >= 4 is 40.9 Å². The first-order valence-electron chi connectivity index (χ1n) is 12.7. The summed E-state index contributed by atoms with van der Waals surface area (Å²) in [5.41, 5.74) is 1.02. The summed E-state index contributed by atoms with van der Waals surface area (Å²) < 4.78 is 6.11. The number of nitrogens with zero attached hydrogens (tertiary/aromatic N) is 1. The summed E-state index contributed by atoms with van der Waals surface area (Å²) in [5.74, 6) is -0.925. The number of carboxylic acid groups (broad SMARTS) is 1. The molecule has 3 aromatic rings. The lowest BCUT2D eigenvalue weighted by molar-refractivity contribution is -0.142. The molecule has 7 rings (SSSR count). The summed E-state index contributed by atoms with van der Waals surface area (Å²) >= 11 is 2.85. The zero-order valence-electron chi connectivity index (χ0n) is 20.1. The molecule has 2 aromatic carbocycles. The minimum Gasteiger partial charge on any atom is -0.481 e. The number of carbonyl (C=O) groups is 3. The highest BCUT2D eigenvalue weighted by Crippen LogP contribution is 2.68. The minimum atomic E-state index is -1.03. The Bertz CT molecular complexity index is 1520. The van der Waals surface area contributed by atoms with Gasteiger partial charge in [0.15, 0.2) is 0 Å². The summed E-state index contributed by atoms with van der Waals surface area (Å²) in [5, 5.41) is 10.1. The second-order valence-electron chi connectivity index (χ2n) is 10.4. The van der Waals surface area contributed by atoms with Gasteiger partial charge in [-0.2, -0.15) is 0 Å². The smallest absolute Gasteiger partial charge is 0.305 e. The number of nitrogens with one attached hydrogen (secondary N) is 1. The van der Waals surface area contributed by atoms with Gasteiger partial charge in [0.2, 0.25) is 11.8 Å². The standard InChI is InChI=1S/C28H24N2O6S2/c31-18(32)9-10-30-26(33)21-16-12-17(22(21)27(30)34)23-20(16)19(24-25(37-23)29-28(35)38-24)13-5-4-8-15(11-13)36-14-6-2-1-3-7-14/h1-8,11,16-17,19-23H,9-10,12H2,(H,29,35)(H,31,32)/t16-,17+,19-,20+,21+,22+,23+/m0/s1. The monoisotopic (exact) mass is 548 g/mol. The number of hydrogen-bond acceptors (Lipinski definition) is 7. The highest BCUT2D eigenvalue weighted by Gasteiger charge is 2.69. The van der Waals surface area contributed by atoms with Gasteiger partial charge in [0, 0.05) is 22.6 Å². The molecule has 1 saturated heterocycles. The Kier molecular flexibility index (Phi) is 5.52. The average molecular weight is 549 g/mol. The van der Waals surface area contributed by atoms with Crippen LogP contribution in [0.2, 0.25) is 0 Å². The van der Waals surface area contributed by atoms with E-state index < -0.39 is 17.8 Å². The Morgan fingerprint density at radius 3 is 2.50 bits per heavy atom. The number of thiazole rings is 1. The molecule has 2 N–H and O–H groups in total. The van der Waals surface area contributed by atoms with Crippen LogP contribution in [0.5, 0.6) is 11.5 Å². The molecule has 1 aromatic heterocycles. The first-order chi connectivity index (χ1) is 18.4. The molecule has 7 atom stereocenters. The summed E-state index contributed by atoms with van der Waals surface area (Å²) in [6, 6.07) is 17.5. The van der Waals surface area contributed by atoms with Crippen molar-refractivity contribution in [1.82, 2.24) is 9.88 Å². The van der Waals surface area contributed by atoms with Crippen LogP contribution in [0, 0.1) is 29.6 Å². The van der Waals surface area contributed by atoms with Crippen LogP contribution in [0.3, 0.4) is 0 Å². The van der Waals surface area contributed by atoms with E-state index in [-0.39, 0.29) is 58.6 Å². The molecule has 38 heavy (non-hydrogen) atoms. The Hall–Kier alpha value is -3.37. The van der Waals surface area contributed by atoms with Crippen molar-refractivity contribution in [2.24, 2.45) is 29.6 Å². The minimum absolute atomic E-state index is 0.00841. The maximum absolute atomic E-state index is 13.5. The normalized spacial score (nSPS) is 30.7. The maximum atomic E-state index is 13.5. The van der Waals surface area contributed by atoms with Gasteiger partial charge in [0.1, 0.15) is 11.5 Å². The van der Waals surface area contributed by atoms with E-state index in [9.17, 15) is 19.2 Å². The zero-order chi connectivity index (χ0) is 26.1. The second-order valence-corrected chi connectivity index (χ2v) is 12.6. The van der Waals surface area contributed by atoms with Gasteiger partial charge in [-0.25, -0.2) is 0 Å². The number of hydrogen-bond donors (Lipinski definition) is 2. The van der Waals surface area contributed by atoms with Crippen molar-refractivity contribution in [1.29, 1.82) is 0 Å². The van der Waals surface area contributed by atoms with Gasteiger partial charge in [-0.1, -0.05) is 41.7 Å². The number of likely N-dealkylation sites (tertiary alicyclic amines) is 1. The third kappa shape index (κ3) is 3.57. The third-order valence-corrected chi connectivity index (χ3v) is 11.1. The number of aliphatic carboxylic acids is 1. The number of amides is 2. The van der Waals surface area contributed by atoms with Gasteiger partial charge in [0.05, 0.1) is 23.3 Å². The maximum Gasteiger partial charge on any atom is 0.305 e. The van der Waals surface area contributed by atoms with E-state index in [1.165, 1.54) is 16.2 Å². The van der Waals surface area contributed by atoms with E-state index in [1.54, 1.807) is 11.8 Å². The molecule has 2 aliphatic heterocycles. The SMILES string of the molecule is O=C(O)CCN1C(=O)[C@@H]2[C@H]3C[C@@H]([C@H]4Sc5[nH]c(=O)sc5[C@@H](c5cccc(Oc6ccccc6)c5)[C@@H]34)[C@H]2C1=O. The Morgan fingerprint density at radius 2 is 1.74 bits per heavy atom. The molecule has 194 valence electrons. The third-order valence-electron chi connectivity index (χ3n) is 8.56. The van der Waals surface area contributed by atoms with Crippen LogP contribution >= 0.6 is 23.1 Å². The predicted octanol–water partition coefficient (Wildman–Crippen LogP) is 4.18. The average Bonchev–Trinajstić information content (AvgIpc) is 3.62. The number of thioether (sulfide) groups is 1. The fourth-order valence-corrected chi connectivity index (χ4v) is 10.2. The van der Waals surface area contributed by atoms with Crippen LogP contribution in [0.4, 0.5) is 0 Å². The van der Waals surface area contributed by atoms with Gasteiger partial charge < -0.3 is 14.8 Å². The summed E-state index contributed by atoms with van der Waals surface area (Å²) in [6.07, 6.45) is 0.543. The molecule has 2 aliphatic carbocycles. The van der Waals surface area contributed by atoms with Crippen LogP contribution in [0.1, 0.15) is 29.2 Å². The topological polar surface area (TPSA) is 117 Å². The number of rotatable bonds is 6. The lowest BCUT2D eigenvalue weighted by atomic mass is 9.68. The molecule has 3 fully saturated rings. The van der Waals surface area contributed by atoms with Crippen LogP contribution in [0.15, 0.2) is 64.4 Å². The van der Waals surface area contributed by atoms with Gasteiger partial charge in [-0.05, 0) is 54.0 Å². The molecule has 3 heterocycles. The van der Waals surface area contributed by atoms with Crippen molar-refractivity contribution in [3.63, 3.8) is 0 Å². The molecule has 2 saturated carbocycles. The molecule has 4 aliphatic rings. The Labute approximate surface area is 226 Å². The van der Waals surface area contributed by atoms with Crippen molar-refractivity contribution in [2.45, 2.75) is 29.0 Å². The molecule has 8 nitrogen and oxygen atoms in total. The molecule has 2 bridgehead atoms. The van der Waals surface area contributed by atoms with E-state index in [1.807, 2.05) is 54.6 Å². The molecule has 2 amide bonds. The second kappa shape index (κ2) is 8.84. The molecule has 0 spiro atoms. The molecular weight excluding hydrogens is 524 g/mol. The first kappa shape index (κ1) is 23.7. The number of fused-ring (bicyclic) bond motifs is 9. The lowest BCUT2D eigenvalue weighted by Crippen LogP contribution is -2.42. The quantitative estimate of drug-likeness (QED) is 0.444. The number of aromatic amines is 1. The predicted molar refractivity (Wildman–Crippen MR) is 140 cm³/mol. The Morgan fingerprint density at radius 1 is 1.00 bits per heavy atom. The Balaban J connectivity index is 1.27. The molecule has 0 radical (unpaired) electrons. The highest BCUT2D eigenvalue weighted by molar-refractivity contribution is 8.00. The summed E-state index contributed by atoms with van der Waals surface area (Å²) in [4.78, 5) is 55.5. The number of para-hydroxylation sites is 1. The number of H-pyrrole nitrogens is 1. The van der Waals surface area contributed by atoms with E-state index in [2.05, 4.69) is 4.98 Å². The van der Waals surface area contributed by atoms with Gasteiger partial charge in [0.25, 0.3) is 0 Å². The molecule has 0 unspecified atom stereocenters. The highest BCUT2D eigenvalue weighted by atomic mass is 32.2. The van der Waals surface area contributed by atoms with Crippen LogP contribution in [-0.4, -0.2) is 44.6 Å². The van der Waals surface area contributed by atoms with Gasteiger partial charge >= 0.3 is 10.8 Å². The van der Waals surface area contributed by atoms with Crippen molar-refractivity contribution in [3.8, 4) is 11.5 Å². The lowest BCUT2D eigenvalue weighted by Gasteiger charge is -2.43. The van der Waals surface area contributed by atoms with Crippen molar-refractivity contribution in [2.75, 3.05) is 6.54 Å². The number of benzene rings is 2. The van der Waals surface area contributed by atoms with Crippen molar-refractivity contribution in [3.05, 3.63) is 74.7 Å². The largest absolute Gasteiger partial charge is 0.481 e. The fraction of sp³-hybridized carbons (Fsp3) is 0.357. The van der Waals surface area contributed by atoms with E-state index in [4.69, 9.17) is 9.84 Å².